The Bertz CT molecular complexity index is 490. The molecule has 1 N–H and O–H groups in total. The number of nitro benzene ring substituents is 1. The first-order valence-electron chi connectivity index (χ1n) is 6.15. The Kier molecular flexibility index (Phi) is 5.04. The maximum atomic E-state index is 10.7. The molecule has 1 aromatic rings. The first-order valence-corrected chi connectivity index (χ1v) is 6.90. The molecule has 0 bridgehead atoms. The average Bonchev–Trinajstić information content (AvgIpc) is 2.37. The molecule has 0 saturated carbocycles. The molecule has 8 heteroatoms. The van der Waals surface area contributed by atoms with Gasteiger partial charge in [-0.2, -0.15) is 0 Å². The van der Waals surface area contributed by atoms with Crippen molar-refractivity contribution in [1.29, 1.82) is 0 Å². The average molecular weight is 320 g/mol. The van der Waals surface area contributed by atoms with Crippen molar-refractivity contribution >= 4 is 34.6 Å². The predicted octanol–water partition coefficient (Wildman–Crippen LogP) is 2.64. The van der Waals surface area contributed by atoms with E-state index < -0.39 is 4.92 Å². The van der Waals surface area contributed by atoms with Crippen molar-refractivity contribution in [3.63, 3.8) is 0 Å². The number of rotatable bonds is 4. The van der Waals surface area contributed by atoms with E-state index in [9.17, 15) is 10.1 Å². The summed E-state index contributed by atoms with van der Waals surface area (Å²) in [5.74, 6) is 0. The van der Waals surface area contributed by atoms with Crippen LogP contribution in [0.5, 0.6) is 0 Å². The van der Waals surface area contributed by atoms with Gasteiger partial charge >= 0.3 is 0 Å². The van der Waals surface area contributed by atoms with Gasteiger partial charge in [0.25, 0.3) is 5.69 Å². The second-order valence-corrected chi connectivity index (χ2v) is 5.49. The molecule has 2 rings (SSSR count). The topological polar surface area (TPSA) is 67.6 Å². The van der Waals surface area contributed by atoms with E-state index in [1.807, 2.05) is 7.05 Å². The van der Waals surface area contributed by atoms with Crippen LogP contribution in [0.15, 0.2) is 12.1 Å². The van der Waals surface area contributed by atoms with Crippen molar-refractivity contribution in [2.24, 2.45) is 0 Å². The standard InChI is InChI=1S/C12H15Cl2N3O3/c1-16-2-3-20-9(7-16)6-15-12-10(13)4-8(17(18)19)5-11(12)14/h4-5,9,15H,2-3,6-7H2,1H3. The number of hydrogen-bond donors (Lipinski definition) is 1. The minimum Gasteiger partial charge on any atom is -0.380 e. The number of halogens is 2. The molecule has 0 radical (unpaired) electrons. The zero-order valence-electron chi connectivity index (χ0n) is 10.9. The molecule has 110 valence electrons. The number of nitrogens with one attached hydrogen (secondary N) is 1. The van der Waals surface area contributed by atoms with E-state index in [-0.39, 0.29) is 21.8 Å². The van der Waals surface area contributed by atoms with E-state index in [1.165, 1.54) is 12.1 Å². The number of ether oxygens (including phenoxy) is 1. The molecule has 6 nitrogen and oxygen atoms in total. The van der Waals surface area contributed by atoms with Crippen molar-refractivity contribution < 1.29 is 9.66 Å². The molecule has 1 saturated heterocycles. The zero-order valence-corrected chi connectivity index (χ0v) is 12.4. The van der Waals surface area contributed by atoms with E-state index >= 15 is 0 Å². The highest BCUT2D eigenvalue weighted by Crippen LogP contribution is 2.34. The van der Waals surface area contributed by atoms with Crippen molar-refractivity contribution in [3.05, 3.63) is 32.3 Å². The van der Waals surface area contributed by atoms with E-state index in [2.05, 4.69) is 10.2 Å². The lowest BCUT2D eigenvalue weighted by Crippen LogP contribution is -2.43. The van der Waals surface area contributed by atoms with E-state index in [0.29, 0.717) is 18.8 Å². The van der Waals surface area contributed by atoms with Gasteiger partial charge in [0.1, 0.15) is 0 Å². The van der Waals surface area contributed by atoms with Gasteiger partial charge < -0.3 is 15.0 Å². The third kappa shape index (κ3) is 3.73. The van der Waals surface area contributed by atoms with Gasteiger partial charge in [-0.15, -0.1) is 0 Å². The summed E-state index contributed by atoms with van der Waals surface area (Å²) in [5, 5.41) is 14.3. The first-order chi connectivity index (χ1) is 9.47. The van der Waals surface area contributed by atoms with Gasteiger partial charge in [0.2, 0.25) is 0 Å². The highest BCUT2D eigenvalue weighted by Gasteiger charge is 2.19. The van der Waals surface area contributed by atoms with Gasteiger partial charge in [-0.05, 0) is 7.05 Å². The minimum absolute atomic E-state index is 0.0380. The number of nitro groups is 1. The molecule has 1 atom stereocenters. The molecule has 0 aliphatic carbocycles. The molecule has 1 aliphatic rings. The summed E-state index contributed by atoms with van der Waals surface area (Å²) in [6.45, 7) is 2.96. The van der Waals surface area contributed by atoms with Gasteiger partial charge in [0, 0.05) is 31.8 Å². The smallest absolute Gasteiger partial charge is 0.272 e. The molecule has 0 amide bonds. The summed E-state index contributed by atoms with van der Waals surface area (Å²) in [4.78, 5) is 12.3. The third-order valence-corrected chi connectivity index (χ3v) is 3.68. The van der Waals surface area contributed by atoms with Crippen LogP contribution in [0.2, 0.25) is 10.0 Å². The third-order valence-electron chi connectivity index (χ3n) is 3.09. The second kappa shape index (κ2) is 6.58. The molecular formula is C12H15Cl2N3O3. The lowest BCUT2D eigenvalue weighted by molar-refractivity contribution is -0.384. The number of non-ortho nitro benzene ring substituents is 1. The summed E-state index contributed by atoms with van der Waals surface area (Å²) in [7, 11) is 2.03. The quantitative estimate of drug-likeness (QED) is 0.682. The van der Waals surface area contributed by atoms with E-state index in [4.69, 9.17) is 27.9 Å². The van der Waals surface area contributed by atoms with Crippen LogP contribution in [0.1, 0.15) is 0 Å². The summed E-state index contributed by atoms with van der Waals surface area (Å²) >= 11 is 12.0. The van der Waals surface area contributed by atoms with Crippen LogP contribution in [0.25, 0.3) is 0 Å². The second-order valence-electron chi connectivity index (χ2n) is 4.68. The van der Waals surface area contributed by atoms with Crippen molar-refractivity contribution in [2.75, 3.05) is 38.6 Å². The fourth-order valence-corrected chi connectivity index (χ4v) is 2.65. The zero-order chi connectivity index (χ0) is 14.7. The lowest BCUT2D eigenvalue weighted by atomic mass is 10.2. The molecule has 1 heterocycles. The highest BCUT2D eigenvalue weighted by atomic mass is 35.5. The van der Waals surface area contributed by atoms with Gasteiger partial charge in [0.15, 0.2) is 0 Å². The maximum Gasteiger partial charge on any atom is 0.272 e. The van der Waals surface area contributed by atoms with Gasteiger partial charge in [0.05, 0.1) is 33.4 Å². The van der Waals surface area contributed by atoms with E-state index in [1.54, 1.807) is 0 Å². The monoisotopic (exact) mass is 319 g/mol. The van der Waals surface area contributed by atoms with Gasteiger partial charge in [-0.1, -0.05) is 23.2 Å². The van der Waals surface area contributed by atoms with Gasteiger partial charge in [-0.3, -0.25) is 10.1 Å². The molecular weight excluding hydrogens is 305 g/mol. The molecule has 1 aliphatic heterocycles. The Hall–Kier alpha value is -1.08. The summed E-state index contributed by atoms with van der Waals surface area (Å²) in [6, 6.07) is 2.56. The van der Waals surface area contributed by atoms with E-state index in [0.717, 1.165) is 13.1 Å². The SMILES string of the molecule is CN1CCOC(CNc2c(Cl)cc([N+](=O)[O-])cc2Cl)C1. The van der Waals surface area contributed by atoms with Gasteiger partial charge in [-0.25, -0.2) is 0 Å². The van der Waals surface area contributed by atoms with Crippen LogP contribution in [-0.4, -0.2) is 49.2 Å². The molecule has 1 aromatic carbocycles. The molecule has 1 fully saturated rings. The van der Waals surface area contributed by atoms with Crippen molar-refractivity contribution in [3.8, 4) is 0 Å². The molecule has 0 aromatic heterocycles. The fourth-order valence-electron chi connectivity index (χ4n) is 2.04. The largest absolute Gasteiger partial charge is 0.380 e. The molecule has 20 heavy (non-hydrogen) atoms. The van der Waals surface area contributed by atoms with Crippen LogP contribution in [0.3, 0.4) is 0 Å². The molecule has 0 spiro atoms. The lowest BCUT2D eigenvalue weighted by Gasteiger charge is -2.30. The number of anilines is 1. The Labute approximate surface area is 126 Å². The normalized spacial score (nSPS) is 19.9. The summed E-state index contributed by atoms with van der Waals surface area (Å²) < 4.78 is 5.61. The van der Waals surface area contributed by atoms with Crippen LogP contribution in [0.4, 0.5) is 11.4 Å². The first kappa shape index (κ1) is 15.3. The Morgan fingerprint density at radius 2 is 2.15 bits per heavy atom. The Morgan fingerprint density at radius 3 is 2.70 bits per heavy atom. The molecule has 1 unspecified atom stereocenters. The maximum absolute atomic E-state index is 10.7. The number of hydrogen-bond acceptors (Lipinski definition) is 5. The number of likely N-dealkylation sites (N-methyl/N-ethyl adjacent to an activating group) is 1. The predicted molar refractivity (Wildman–Crippen MR) is 78.8 cm³/mol. The summed E-state index contributed by atoms with van der Waals surface area (Å²) in [6.07, 6.45) is 0.0380. The Morgan fingerprint density at radius 1 is 1.50 bits per heavy atom. The van der Waals surface area contributed by atoms with Crippen LogP contribution in [-0.2, 0) is 4.74 Å². The van der Waals surface area contributed by atoms with Crippen LogP contribution in [0, 0.1) is 10.1 Å². The highest BCUT2D eigenvalue weighted by molar-refractivity contribution is 6.39. The number of nitrogens with zero attached hydrogens (tertiary/aromatic N) is 2. The van der Waals surface area contributed by atoms with Crippen molar-refractivity contribution in [2.45, 2.75) is 6.10 Å². The van der Waals surface area contributed by atoms with Crippen LogP contribution < -0.4 is 5.32 Å². The minimum atomic E-state index is -0.527. The number of benzene rings is 1. The summed E-state index contributed by atoms with van der Waals surface area (Å²) in [5.41, 5.74) is 0.370. The fraction of sp³-hybridized carbons (Fsp3) is 0.500. The number of morpholine rings is 1. The Balaban J connectivity index is 2.04. The van der Waals surface area contributed by atoms with Crippen LogP contribution >= 0.6 is 23.2 Å². The van der Waals surface area contributed by atoms with Crippen molar-refractivity contribution in [1.82, 2.24) is 4.90 Å².